The van der Waals surface area contributed by atoms with Crippen molar-refractivity contribution < 1.29 is 22.5 Å². The molecule has 0 N–H and O–H groups in total. The first-order chi connectivity index (χ1) is 8.79. The average molecular weight is 272 g/mol. The second-order valence-electron chi connectivity index (χ2n) is 3.79. The van der Waals surface area contributed by atoms with Gasteiger partial charge in [0.1, 0.15) is 0 Å². The minimum atomic E-state index is -4.61. The van der Waals surface area contributed by atoms with Crippen molar-refractivity contribution in [2.75, 3.05) is 0 Å². The van der Waals surface area contributed by atoms with Gasteiger partial charge in [0.15, 0.2) is 0 Å². The lowest BCUT2D eigenvalue weighted by Gasteiger charge is -2.01. The van der Waals surface area contributed by atoms with Gasteiger partial charge in [-0.05, 0) is 19.1 Å². The van der Waals surface area contributed by atoms with Crippen LogP contribution in [0.2, 0.25) is 0 Å². The molecular formula is C11H7F3N2O3. The Morgan fingerprint density at radius 3 is 2.53 bits per heavy atom. The molecule has 0 aliphatic carbocycles. The van der Waals surface area contributed by atoms with Crippen molar-refractivity contribution in [1.82, 2.24) is 4.98 Å². The molecule has 0 atom stereocenters. The number of alkyl halides is 3. The molecule has 0 saturated carbocycles. The number of halogens is 3. The predicted octanol–water partition coefficient (Wildman–Crippen LogP) is 3.58. The maximum absolute atomic E-state index is 12.3. The van der Waals surface area contributed by atoms with Crippen molar-refractivity contribution in [3.05, 3.63) is 45.8 Å². The minimum Gasteiger partial charge on any atom is -0.432 e. The summed E-state index contributed by atoms with van der Waals surface area (Å²) in [7, 11) is 0. The summed E-state index contributed by atoms with van der Waals surface area (Å²) in [4.78, 5) is 13.6. The van der Waals surface area contributed by atoms with Crippen LogP contribution in [0.3, 0.4) is 0 Å². The van der Waals surface area contributed by atoms with E-state index in [2.05, 4.69) is 9.40 Å². The lowest BCUT2D eigenvalue weighted by atomic mass is 10.1. The fourth-order valence-corrected chi connectivity index (χ4v) is 1.53. The third-order valence-corrected chi connectivity index (χ3v) is 2.43. The normalized spacial score (nSPS) is 11.6. The van der Waals surface area contributed by atoms with Crippen LogP contribution in [0.4, 0.5) is 18.9 Å². The predicted molar refractivity (Wildman–Crippen MR) is 58.3 cm³/mol. The van der Waals surface area contributed by atoms with E-state index >= 15 is 0 Å². The summed E-state index contributed by atoms with van der Waals surface area (Å²) >= 11 is 0. The fraction of sp³-hybridized carbons (Fsp3) is 0.182. The highest BCUT2D eigenvalue weighted by molar-refractivity contribution is 5.59. The van der Waals surface area contributed by atoms with Crippen molar-refractivity contribution in [3.8, 4) is 11.5 Å². The van der Waals surface area contributed by atoms with Gasteiger partial charge in [-0.1, -0.05) is 0 Å². The van der Waals surface area contributed by atoms with Crippen molar-refractivity contribution in [2.45, 2.75) is 13.1 Å². The van der Waals surface area contributed by atoms with E-state index in [1.54, 1.807) is 0 Å². The number of nitro groups is 1. The van der Waals surface area contributed by atoms with Gasteiger partial charge < -0.3 is 4.42 Å². The fourth-order valence-electron chi connectivity index (χ4n) is 1.53. The van der Waals surface area contributed by atoms with Gasteiger partial charge >= 0.3 is 6.18 Å². The van der Waals surface area contributed by atoms with Crippen molar-refractivity contribution >= 4 is 5.69 Å². The summed E-state index contributed by atoms with van der Waals surface area (Å²) < 4.78 is 41.6. The Labute approximate surface area is 104 Å². The van der Waals surface area contributed by atoms with E-state index in [1.807, 2.05) is 0 Å². The summed E-state index contributed by atoms with van der Waals surface area (Å²) in [5.41, 5.74) is 0.444. The maximum atomic E-state index is 12.3. The molecule has 100 valence electrons. The monoisotopic (exact) mass is 272 g/mol. The molecule has 2 aromatic rings. The Morgan fingerprint density at radius 2 is 2.05 bits per heavy atom. The van der Waals surface area contributed by atoms with Crippen LogP contribution >= 0.6 is 0 Å². The Bertz CT molecular complexity index is 634. The first-order valence-electron chi connectivity index (χ1n) is 5.07. The van der Waals surface area contributed by atoms with E-state index in [9.17, 15) is 23.3 Å². The first kappa shape index (κ1) is 13.1. The molecule has 0 spiro atoms. The number of aryl methyl sites for hydroxylation is 1. The Hall–Kier alpha value is -2.38. The number of aromatic nitrogens is 1. The molecular weight excluding hydrogens is 265 g/mol. The second kappa shape index (κ2) is 4.38. The van der Waals surface area contributed by atoms with Gasteiger partial charge in [-0.25, -0.2) is 4.98 Å². The molecule has 19 heavy (non-hydrogen) atoms. The van der Waals surface area contributed by atoms with Crippen LogP contribution in [-0.2, 0) is 6.18 Å². The molecule has 8 heteroatoms. The van der Waals surface area contributed by atoms with Gasteiger partial charge in [0.05, 0.1) is 11.1 Å². The van der Waals surface area contributed by atoms with Crippen LogP contribution in [0.25, 0.3) is 11.5 Å². The van der Waals surface area contributed by atoms with Crippen molar-refractivity contribution in [1.29, 1.82) is 0 Å². The van der Waals surface area contributed by atoms with E-state index in [0.717, 1.165) is 0 Å². The molecule has 1 heterocycles. The molecule has 0 radical (unpaired) electrons. The highest BCUT2D eigenvalue weighted by Crippen LogP contribution is 2.33. The highest BCUT2D eigenvalue weighted by Gasteiger charge is 2.35. The zero-order valence-electron chi connectivity index (χ0n) is 9.56. The number of hydrogen-bond donors (Lipinski definition) is 0. The molecule has 0 aliphatic rings. The Kier molecular flexibility index (Phi) is 3.01. The summed E-state index contributed by atoms with van der Waals surface area (Å²) in [5, 5.41) is 10.6. The highest BCUT2D eigenvalue weighted by atomic mass is 19.4. The van der Waals surface area contributed by atoms with Gasteiger partial charge in [-0.3, -0.25) is 10.1 Å². The number of nitrogens with zero attached hydrogens (tertiary/aromatic N) is 2. The van der Waals surface area contributed by atoms with Gasteiger partial charge in [-0.15, -0.1) is 0 Å². The zero-order chi connectivity index (χ0) is 14.2. The average Bonchev–Trinajstić information content (AvgIpc) is 2.76. The molecule has 5 nitrogen and oxygen atoms in total. The molecule has 0 unspecified atom stereocenters. The van der Waals surface area contributed by atoms with Crippen LogP contribution in [0.5, 0.6) is 0 Å². The number of rotatable bonds is 2. The van der Waals surface area contributed by atoms with E-state index in [0.29, 0.717) is 11.8 Å². The topological polar surface area (TPSA) is 69.2 Å². The summed E-state index contributed by atoms with van der Waals surface area (Å²) in [5.74, 6) is -1.44. The molecule has 0 saturated heterocycles. The third-order valence-electron chi connectivity index (χ3n) is 2.43. The van der Waals surface area contributed by atoms with Crippen LogP contribution < -0.4 is 0 Å². The van der Waals surface area contributed by atoms with Gasteiger partial charge in [0.2, 0.25) is 11.7 Å². The van der Waals surface area contributed by atoms with E-state index < -0.39 is 16.9 Å². The smallest absolute Gasteiger partial charge is 0.432 e. The first-order valence-corrected chi connectivity index (χ1v) is 5.07. The van der Waals surface area contributed by atoms with Crippen LogP contribution in [-0.4, -0.2) is 9.91 Å². The number of benzene rings is 1. The zero-order valence-corrected chi connectivity index (χ0v) is 9.56. The van der Waals surface area contributed by atoms with Crippen LogP contribution in [0.15, 0.2) is 28.8 Å². The Balaban J connectivity index is 2.40. The number of hydrogen-bond acceptors (Lipinski definition) is 4. The van der Waals surface area contributed by atoms with Crippen molar-refractivity contribution in [3.63, 3.8) is 0 Å². The molecule has 1 aromatic heterocycles. The van der Waals surface area contributed by atoms with Gasteiger partial charge in [-0.2, -0.15) is 13.2 Å². The number of oxazole rings is 1. The Morgan fingerprint density at radius 1 is 1.37 bits per heavy atom. The molecule has 0 fully saturated rings. The second-order valence-corrected chi connectivity index (χ2v) is 3.79. The largest absolute Gasteiger partial charge is 0.451 e. The number of nitro benzene ring substituents is 1. The third kappa shape index (κ3) is 2.56. The van der Waals surface area contributed by atoms with Gasteiger partial charge in [0.25, 0.3) is 5.69 Å². The lowest BCUT2D eigenvalue weighted by molar-refractivity contribution is -0.385. The van der Waals surface area contributed by atoms with E-state index in [4.69, 9.17) is 0 Å². The molecule has 2 rings (SSSR count). The lowest BCUT2D eigenvalue weighted by Crippen LogP contribution is -2.02. The molecule has 0 amide bonds. The van der Waals surface area contributed by atoms with Crippen molar-refractivity contribution in [2.24, 2.45) is 0 Å². The molecule has 1 aromatic carbocycles. The van der Waals surface area contributed by atoms with Gasteiger partial charge in [0, 0.05) is 17.2 Å². The van der Waals surface area contributed by atoms with E-state index in [-0.39, 0.29) is 17.1 Å². The minimum absolute atomic E-state index is 0.119. The summed E-state index contributed by atoms with van der Waals surface area (Å²) in [6.45, 7) is 1.48. The maximum Gasteiger partial charge on any atom is 0.451 e. The quantitative estimate of drug-likeness (QED) is 0.619. The van der Waals surface area contributed by atoms with E-state index in [1.165, 1.54) is 25.1 Å². The SMILES string of the molecule is Cc1cc(-c2ncc(C(F)(F)F)o2)ccc1[N+](=O)[O-]. The summed E-state index contributed by atoms with van der Waals surface area (Å²) in [6.07, 6.45) is -4.03. The molecule has 0 aliphatic heterocycles. The molecule has 0 bridgehead atoms. The summed E-state index contributed by atoms with van der Waals surface area (Å²) in [6, 6.07) is 3.84. The van der Waals surface area contributed by atoms with Crippen LogP contribution in [0, 0.1) is 17.0 Å². The standard InChI is InChI=1S/C11H7F3N2O3/c1-6-4-7(2-3-8(6)16(17)18)10-15-5-9(19-10)11(12,13)14/h2-5H,1H3. The van der Waals surface area contributed by atoms with Crippen LogP contribution in [0.1, 0.15) is 11.3 Å².